The van der Waals surface area contributed by atoms with Crippen molar-refractivity contribution in [3.05, 3.63) is 23.8 Å². The van der Waals surface area contributed by atoms with Crippen LogP contribution in [0.25, 0.3) is 0 Å². The van der Waals surface area contributed by atoms with Crippen LogP contribution in [-0.2, 0) is 11.2 Å². The van der Waals surface area contributed by atoms with Gasteiger partial charge in [-0.2, -0.15) is 0 Å². The molecule has 0 aliphatic heterocycles. The first kappa shape index (κ1) is 16.3. The highest BCUT2D eigenvalue weighted by Gasteiger charge is 2.16. The molecule has 0 saturated carbocycles. The molecule has 1 rings (SSSR count). The second kappa shape index (κ2) is 7.75. The molecule has 1 amide bonds. The lowest BCUT2D eigenvalue weighted by atomic mass is 10.1. The molecule has 2 unspecified atom stereocenters. The lowest BCUT2D eigenvalue weighted by molar-refractivity contribution is -0.126. The molecule has 0 aliphatic rings. The van der Waals surface area contributed by atoms with Crippen LogP contribution in [0.15, 0.2) is 18.2 Å². The van der Waals surface area contributed by atoms with Crippen molar-refractivity contribution in [1.82, 2.24) is 5.32 Å². The highest BCUT2D eigenvalue weighted by atomic mass is 16.5. The molecule has 0 heterocycles. The quantitative estimate of drug-likeness (QED) is 0.793. The minimum Gasteiger partial charge on any atom is -0.490 e. The van der Waals surface area contributed by atoms with Crippen molar-refractivity contribution in [3.8, 4) is 11.5 Å². The maximum Gasteiger partial charge on any atom is 0.260 e. The Morgan fingerprint density at radius 3 is 2.60 bits per heavy atom. The number of nitrogens with two attached hydrogens (primary N) is 1. The number of likely N-dealkylation sites (N-methyl/N-ethyl adjacent to an activating group) is 1. The Kier molecular flexibility index (Phi) is 6.31. The van der Waals surface area contributed by atoms with Gasteiger partial charge in [-0.1, -0.05) is 6.07 Å². The van der Waals surface area contributed by atoms with Gasteiger partial charge in [0.15, 0.2) is 17.6 Å². The Morgan fingerprint density at radius 1 is 1.35 bits per heavy atom. The zero-order valence-electron chi connectivity index (χ0n) is 12.6. The largest absolute Gasteiger partial charge is 0.490 e. The molecular formula is C15H24N2O3. The molecule has 0 saturated heterocycles. The van der Waals surface area contributed by atoms with E-state index in [2.05, 4.69) is 5.32 Å². The predicted molar refractivity (Wildman–Crippen MR) is 79.1 cm³/mol. The maximum atomic E-state index is 11.5. The predicted octanol–water partition coefficient (Wildman–Crippen LogP) is 1.49. The molecule has 112 valence electrons. The van der Waals surface area contributed by atoms with E-state index in [1.807, 2.05) is 32.0 Å². The Balaban J connectivity index is 2.91. The summed E-state index contributed by atoms with van der Waals surface area (Å²) < 4.78 is 11.2. The number of benzene rings is 1. The number of nitrogens with one attached hydrogen (secondary N) is 1. The summed E-state index contributed by atoms with van der Waals surface area (Å²) in [5.41, 5.74) is 6.89. The molecule has 5 nitrogen and oxygen atoms in total. The molecule has 0 radical (unpaired) electrons. The molecule has 0 aromatic heterocycles. The van der Waals surface area contributed by atoms with E-state index in [9.17, 15) is 4.79 Å². The summed E-state index contributed by atoms with van der Waals surface area (Å²) in [6, 6.07) is 5.76. The Bertz CT molecular complexity index is 447. The summed E-state index contributed by atoms with van der Waals surface area (Å²) in [5, 5.41) is 2.55. The Hall–Kier alpha value is -1.75. The Labute approximate surface area is 120 Å². The third kappa shape index (κ3) is 4.74. The van der Waals surface area contributed by atoms with Crippen LogP contribution in [0.5, 0.6) is 11.5 Å². The average molecular weight is 280 g/mol. The molecular weight excluding hydrogens is 256 g/mol. The minimum absolute atomic E-state index is 0.0843. The van der Waals surface area contributed by atoms with Gasteiger partial charge in [0.2, 0.25) is 0 Å². The SMILES string of the molecule is CCOc1cc(CC(C)N)ccc1OC(C)C(=O)NC. The van der Waals surface area contributed by atoms with E-state index in [1.54, 1.807) is 14.0 Å². The third-order valence-electron chi connectivity index (χ3n) is 2.79. The number of carbonyl (C=O) groups is 1. The van der Waals surface area contributed by atoms with Crippen molar-refractivity contribution < 1.29 is 14.3 Å². The molecule has 3 N–H and O–H groups in total. The zero-order valence-corrected chi connectivity index (χ0v) is 12.6. The van der Waals surface area contributed by atoms with Gasteiger partial charge in [0.1, 0.15) is 0 Å². The van der Waals surface area contributed by atoms with Gasteiger partial charge in [-0.15, -0.1) is 0 Å². The zero-order chi connectivity index (χ0) is 15.1. The van der Waals surface area contributed by atoms with Crippen LogP contribution in [-0.4, -0.2) is 31.7 Å². The van der Waals surface area contributed by atoms with E-state index in [1.165, 1.54) is 0 Å². The summed E-state index contributed by atoms with van der Waals surface area (Å²) in [7, 11) is 1.58. The standard InChI is InChI=1S/C15H24N2O3/c1-5-19-14-9-12(8-10(2)16)6-7-13(14)20-11(3)15(18)17-4/h6-7,9-11H,5,8,16H2,1-4H3,(H,17,18). The first-order valence-electron chi connectivity index (χ1n) is 6.87. The van der Waals surface area contributed by atoms with E-state index in [4.69, 9.17) is 15.2 Å². The molecule has 0 aliphatic carbocycles. The van der Waals surface area contributed by atoms with E-state index >= 15 is 0 Å². The minimum atomic E-state index is -0.571. The maximum absolute atomic E-state index is 11.5. The fourth-order valence-corrected chi connectivity index (χ4v) is 1.86. The van der Waals surface area contributed by atoms with E-state index in [-0.39, 0.29) is 11.9 Å². The van der Waals surface area contributed by atoms with Gasteiger partial charge in [0, 0.05) is 13.1 Å². The van der Waals surface area contributed by atoms with Gasteiger partial charge in [0.05, 0.1) is 6.61 Å². The fourth-order valence-electron chi connectivity index (χ4n) is 1.86. The summed E-state index contributed by atoms with van der Waals surface area (Å²) in [6.45, 7) is 6.10. The van der Waals surface area contributed by atoms with E-state index in [0.717, 1.165) is 12.0 Å². The smallest absolute Gasteiger partial charge is 0.260 e. The van der Waals surface area contributed by atoms with Crippen LogP contribution in [0, 0.1) is 0 Å². The van der Waals surface area contributed by atoms with Gasteiger partial charge in [-0.25, -0.2) is 0 Å². The van der Waals surface area contributed by atoms with E-state index < -0.39 is 6.10 Å². The molecule has 2 atom stereocenters. The average Bonchev–Trinajstić information content (AvgIpc) is 2.40. The van der Waals surface area contributed by atoms with Crippen molar-refractivity contribution in [1.29, 1.82) is 0 Å². The topological polar surface area (TPSA) is 73.6 Å². The number of rotatable bonds is 7. The van der Waals surface area contributed by atoms with Crippen LogP contribution >= 0.6 is 0 Å². The molecule has 1 aromatic rings. The van der Waals surface area contributed by atoms with Crippen molar-refractivity contribution in [2.24, 2.45) is 5.73 Å². The van der Waals surface area contributed by atoms with Crippen LogP contribution < -0.4 is 20.5 Å². The second-order valence-electron chi connectivity index (χ2n) is 4.77. The first-order chi connectivity index (χ1) is 9.47. The summed E-state index contributed by atoms with van der Waals surface area (Å²) >= 11 is 0. The van der Waals surface area contributed by atoms with Crippen LogP contribution in [0.1, 0.15) is 26.3 Å². The highest BCUT2D eigenvalue weighted by molar-refractivity contribution is 5.80. The number of hydrogen-bond acceptors (Lipinski definition) is 4. The third-order valence-corrected chi connectivity index (χ3v) is 2.79. The molecule has 5 heteroatoms. The van der Waals surface area contributed by atoms with Crippen molar-refractivity contribution in [2.45, 2.75) is 39.3 Å². The second-order valence-corrected chi connectivity index (χ2v) is 4.77. The normalized spacial score (nSPS) is 13.4. The van der Waals surface area contributed by atoms with Crippen molar-refractivity contribution in [3.63, 3.8) is 0 Å². The van der Waals surface area contributed by atoms with Gasteiger partial charge >= 0.3 is 0 Å². The van der Waals surface area contributed by atoms with Crippen molar-refractivity contribution >= 4 is 5.91 Å². The lowest BCUT2D eigenvalue weighted by Gasteiger charge is -2.17. The molecule has 1 aromatic carbocycles. The molecule has 0 spiro atoms. The van der Waals surface area contributed by atoms with Crippen LogP contribution in [0.4, 0.5) is 0 Å². The molecule has 0 fully saturated rings. The van der Waals surface area contributed by atoms with Gasteiger partial charge in [0.25, 0.3) is 5.91 Å². The Morgan fingerprint density at radius 2 is 2.05 bits per heavy atom. The summed E-state index contributed by atoms with van der Waals surface area (Å²) in [6.07, 6.45) is 0.198. The summed E-state index contributed by atoms with van der Waals surface area (Å²) in [5.74, 6) is 1.03. The van der Waals surface area contributed by atoms with E-state index in [0.29, 0.717) is 18.1 Å². The summed E-state index contributed by atoms with van der Waals surface area (Å²) in [4.78, 5) is 11.5. The number of carbonyl (C=O) groups excluding carboxylic acids is 1. The van der Waals surface area contributed by atoms with Gasteiger partial charge < -0.3 is 20.5 Å². The number of ether oxygens (including phenoxy) is 2. The fraction of sp³-hybridized carbons (Fsp3) is 0.533. The van der Waals surface area contributed by atoms with Crippen LogP contribution in [0.3, 0.4) is 0 Å². The molecule has 20 heavy (non-hydrogen) atoms. The molecule has 0 bridgehead atoms. The van der Waals surface area contributed by atoms with Gasteiger partial charge in [-0.05, 0) is 44.9 Å². The van der Waals surface area contributed by atoms with Crippen LogP contribution in [0.2, 0.25) is 0 Å². The monoisotopic (exact) mass is 280 g/mol. The van der Waals surface area contributed by atoms with Gasteiger partial charge in [-0.3, -0.25) is 4.79 Å². The number of hydrogen-bond donors (Lipinski definition) is 2. The first-order valence-corrected chi connectivity index (χ1v) is 6.87. The highest BCUT2D eigenvalue weighted by Crippen LogP contribution is 2.29. The van der Waals surface area contributed by atoms with Crippen molar-refractivity contribution in [2.75, 3.05) is 13.7 Å². The lowest BCUT2D eigenvalue weighted by Crippen LogP contribution is -2.33. The number of amides is 1.